The third kappa shape index (κ3) is 5.38. The number of amides is 1. The first-order valence-electron chi connectivity index (χ1n) is 11.0. The van der Waals surface area contributed by atoms with Gasteiger partial charge in [0, 0.05) is 51.8 Å². The number of benzene rings is 3. The molecule has 3 aromatic rings. The minimum Gasteiger partial charge on any atom is -0.497 e. The molecule has 8 nitrogen and oxygen atoms in total. The number of nitrogens with one attached hydrogen (secondary N) is 2. The summed E-state index contributed by atoms with van der Waals surface area (Å²) in [4.78, 5) is 36.2. The molecule has 1 aliphatic rings. The summed E-state index contributed by atoms with van der Waals surface area (Å²) in [5.41, 5.74) is 3.27. The third-order valence-electron chi connectivity index (χ3n) is 5.71. The quantitative estimate of drug-likeness (QED) is 0.226. The molecule has 0 unspecified atom stereocenters. The first-order chi connectivity index (χ1) is 16.6. The van der Waals surface area contributed by atoms with Crippen LogP contribution in [0.4, 0.5) is 11.4 Å². The van der Waals surface area contributed by atoms with Crippen LogP contribution in [0.3, 0.4) is 0 Å². The molecule has 0 fully saturated rings. The Labute approximate surface area is 202 Å². The predicted molar refractivity (Wildman–Crippen MR) is 134 cm³/mol. The Hall–Kier alpha value is -4.46. The first kappa shape index (κ1) is 23.7. The van der Waals surface area contributed by atoms with Gasteiger partial charge in [-0.1, -0.05) is 24.3 Å². The van der Waals surface area contributed by atoms with Crippen LogP contribution in [0.15, 0.2) is 72.8 Å². The Bertz CT molecular complexity index is 1360. The van der Waals surface area contributed by atoms with E-state index in [4.69, 9.17) is 4.74 Å². The molecule has 2 N–H and O–H groups in total. The van der Waals surface area contributed by atoms with E-state index < -0.39 is 10.8 Å². The average molecular weight is 472 g/mol. The maximum absolute atomic E-state index is 13.2. The van der Waals surface area contributed by atoms with Gasteiger partial charge in [0.1, 0.15) is 5.75 Å². The highest BCUT2D eigenvalue weighted by Gasteiger charge is 2.28. The van der Waals surface area contributed by atoms with Crippen LogP contribution in [0, 0.1) is 10.1 Å². The number of hydrogen-bond donors (Lipinski definition) is 2. The van der Waals surface area contributed by atoms with Crippen molar-refractivity contribution in [1.82, 2.24) is 5.32 Å². The molecule has 1 heterocycles. The van der Waals surface area contributed by atoms with E-state index >= 15 is 0 Å². The smallest absolute Gasteiger partial charge is 0.270 e. The van der Waals surface area contributed by atoms with E-state index in [9.17, 15) is 19.7 Å². The molecule has 1 aliphatic heterocycles. The Kier molecular flexibility index (Phi) is 6.38. The molecule has 35 heavy (non-hydrogen) atoms. The summed E-state index contributed by atoms with van der Waals surface area (Å²) in [5, 5.41) is 17.1. The molecule has 1 amide bonds. The molecule has 0 saturated heterocycles. The van der Waals surface area contributed by atoms with Crippen LogP contribution in [-0.4, -0.2) is 29.3 Å². The zero-order valence-corrected chi connectivity index (χ0v) is 19.6. The zero-order valence-electron chi connectivity index (χ0n) is 19.6. The monoisotopic (exact) mass is 471 g/mol. The van der Waals surface area contributed by atoms with Gasteiger partial charge in [-0.05, 0) is 56.2 Å². The standard InChI is InChI=1S/C27H25N3O5/c1-27(2)16-19-10-11-22(35-3)14-23(19)24(29-27)15-25(31)17-6-4-8-20(12-17)28-26(32)18-7-5-9-21(13-18)30(33)34/h4-15,29H,16H2,1-3H3,(H,28,32)/b24-15-. The van der Waals surface area contributed by atoms with Gasteiger partial charge in [-0.2, -0.15) is 0 Å². The first-order valence-corrected chi connectivity index (χ1v) is 11.0. The molecule has 0 aromatic heterocycles. The van der Waals surface area contributed by atoms with Crippen molar-refractivity contribution in [3.8, 4) is 5.75 Å². The van der Waals surface area contributed by atoms with Gasteiger partial charge < -0.3 is 15.4 Å². The lowest BCUT2D eigenvalue weighted by Crippen LogP contribution is -2.43. The van der Waals surface area contributed by atoms with E-state index in [1.807, 2.05) is 18.2 Å². The van der Waals surface area contributed by atoms with Gasteiger partial charge >= 0.3 is 0 Å². The molecule has 0 saturated carbocycles. The van der Waals surface area contributed by atoms with Crippen LogP contribution < -0.4 is 15.4 Å². The van der Waals surface area contributed by atoms with E-state index in [0.717, 1.165) is 17.5 Å². The van der Waals surface area contributed by atoms with Crippen LogP contribution in [0.1, 0.15) is 45.7 Å². The van der Waals surface area contributed by atoms with Crippen molar-refractivity contribution in [2.45, 2.75) is 25.8 Å². The second-order valence-electron chi connectivity index (χ2n) is 8.97. The van der Waals surface area contributed by atoms with Crippen molar-refractivity contribution < 1.29 is 19.2 Å². The highest BCUT2D eigenvalue weighted by atomic mass is 16.6. The summed E-state index contributed by atoms with van der Waals surface area (Å²) in [6.45, 7) is 4.14. The molecular formula is C27H25N3O5. The number of carbonyl (C=O) groups excluding carboxylic acids is 2. The minimum atomic E-state index is -0.558. The fourth-order valence-corrected chi connectivity index (χ4v) is 4.08. The lowest BCUT2D eigenvalue weighted by Gasteiger charge is -2.35. The molecule has 0 bridgehead atoms. The van der Waals surface area contributed by atoms with Gasteiger partial charge in [-0.3, -0.25) is 19.7 Å². The summed E-state index contributed by atoms with van der Waals surface area (Å²) in [6, 6.07) is 17.9. The van der Waals surface area contributed by atoms with Crippen LogP contribution in [0.25, 0.3) is 5.70 Å². The van der Waals surface area contributed by atoms with Crippen LogP contribution in [-0.2, 0) is 6.42 Å². The molecule has 3 aromatic carbocycles. The Morgan fingerprint density at radius 3 is 2.54 bits per heavy atom. The number of nitro groups is 1. The van der Waals surface area contributed by atoms with Crippen molar-refractivity contribution >= 4 is 28.8 Å². The fourth-order valence-electron chi connectivity index (χ4n) is 4.08. The van der Waals surface area contributed by atoms with E-state index in [1.165, 1.54) is 24.3 Å². The number of hydrogen-bond acceptors (Lipinski definition) is 6. The maximum atomic E-state index is 13.2. The van der Waals surface area contributed by atoms with E-state index in [-0.39, 0.29) is 22.6 Å². The SMILES string of the molecule is COc1ccc2c(c1)/C(=C/C(=O)c1cccc(NC(=O)c3cccc([N+](=O)[O-])c3)c1)NC(C)(C)C2. The molecule has 0 aliphatic carbocycles. The highest BCUT2D eigenvalue weighted by Crippen LogP contribution is 2.32. The van der Waals surface area contributed by atoms with E-state index in [2.05, 4.69) is 24.5 Å². The summed E-state index contributed by atoms with van der Waals surface area (Å²) < 4.78 is 5.36. The summed E-state index contributed by atoms with van der Waals surface area (Å²) in [6.07, 6.45) is 2.36. The number of carbonyl (C=O) groups is 2. The van der Waals surface area contributed by atoms with E-state index in [1.54, 1.807) is 37.5 Å². The van der Waals surface area contributed by atoms with Crippen LogP contribution >= 0.6 is 0 Å². The van der Waals surface area contributed by atoms with Crippen molar-refractivity contribution in [3.05, 3.63) is 105 Å². The molecule has 8 heteroatoms. The van der Waals surface area contributed by atoms with Crippen LogP contribution in [0.5, 0.6) is 5.75 Å². The van der Waals surface area contributed by atoms with Gasteiger partial charge in [-0.15, -0.1) is 0 Å². The number of methoxy groups -OCH3 is 1. The van der Waals surface area contributed by atoms with Gasteiger partial charge in [-0.25, -0.2) is 0 Å². The summed E-state index contributed by atoms with van der Waals surface area (Å²) in [5.74, 6) is -0.0340. The van der Waals surface area contributed by atoms with Crippen molar-refractivity contribution in [2.24, 2.45) is 0 Å². The van der Waals surface area contributed by atoms with Gasteiger partial charge in [0.05, 0.1) is 12.0 Å². The molecule has 0 spiro atoms. The summed E-state index contributed by atoms with van der Waals surface area (Å²) >= 11 is 0. The number of nitro benzene ring substituents is 1. The predicted octanol–water partition coefficient (Wildman–Crippen LogP) is 5.00. The Morgan fingerprint density at radius 2 is 1.80 bits per heavy atom. The number of rotatable bonds is 6. The van der Waals surface area contributed by atoms with Gasteiger partial charge in [0.15, 0.2) is 5.78 Å². The van der Waals surface area contributed by atoms with Crippen molar-refractivity contribution in [2.75, 3.05) is 12.4 Å². The Balaban J connectivity index is 1.59. The zero-order chi connectivity index (χ0) is 25.2. The number of fused-ring (bicyclic) bond motifs is 1. The molecule has 4 rings (SSSR count). The fraction of sp³-hybridized carbons (Fsp3) is 0.185. The normalized spacial score (nSPS) is 15.0. The second-order valence-corrected chi connectivity index (χ2v) is 8.97. The highest BCUT2D eigenvalue weighted by molar-refractivity contribution is 6.10. The van der Waals surface area contributed by atoms with Crippen molar-refractivity contribution in [1.29, 1.82) is 0 Å². The van der Waals surface area contributed by atoms with Crippen molar-refractivity contribution in [3.63, 3.8) is 0 Å². The number of anilines is 1. The lowest BCUT2D eigenvalue weighted by atomic mass is 9.85. The van der Waals surface area contributed by atoms with Gasteiger partial charge in [0.25, 0.3) is 11.6 Å². The Morgan fingerprint density at radius 1 is 1.06 bits per heavy atom. The third-order valence-corrected chi connectivity index (χ3v) is 5.71. The molecular weight excluding hydrogens is 446 g/mol. The van der Waals surface area contributed by atoms with E-state index in [0.29, 0.717) is 22.7 Å². The number of non-ortho nitro benzene ring substituents is 1. The number of allylic oxidation sites excluding steroid dienone is 1. The number of ketones is 1. The topological polar surface area (TPSA) is 111 Å². The largest absolute Gasteiger partial charge is 0.497 e. The molecule has 0 radical (unpaired) electrons. The second kappa shape index (κ2) is 9.42. The average Bonchev–Trinajstić information content (AvgIpc) is 2.83. The maximum Gasteiger partial charge on any atom is 0.270 e. The summed E-state index contributed by atoms with van der Waals surface area (Å²) in [7, 11) is 1.60. The molecule has 0 atom stereocenters. The molecule has 178 valence electrons. The number of ether oxygens (including phenoxy) is 1. The van der Waals surface area contributed by atoms with Crippen LogP contribution in [0.2, 0.25) is 0 Å². The van der Waals surface area contributed by atoms with Gasteiger partial charge in [0.2, 0.25) is 0 Å². The lowest BCUT2D eigenvalue weighted by molar-refractivity contribution is -0.384. The number of nitrogens with zero attached hydrogens (tertiary/aromatic N) is 1. The minimum absolute atomic E-state index is 0.150.